The lowest BCUT2D eigenvalue weighted by Gasteiger charge is -2.26. The van der Waals surface area contributed by atoms with Crippen molar-refractivity contribution in [2.75, 3.05) is 12.4 Å². The van der Waals surface area contributed by atoms with Gasteiger partial charge in [0.2, 0.25) is 0 Å². The summed E-state index contributed by atoms with van der Waals surface area (Å²) in [5.41, 5.74) is 1.02. The van der Waals surface area contributed by atoms with Crippen LogP contribution >= 0.6 is 11.6 Å². The maximum absolute atomic E-state index is 13.3. The minimum Gasteiger partial charge on any atom is -0.476 e. The number of aromatic nitrogens is 1. The summed E-state index contributed by atoms with van der Waals surface area (Å²) in [5.74, 6) is -1.69. The summed E-state index contributed by atoms with van der Waals surface area (Å²) in [5, 5.41) is 13.1. The Balaban J connectivity index is 1.89. The first kappa shape index (κ1) is 19.6. The van der Waals surface area contributed by atoms with Crippen molar-refractivity contribution >= 4 is 40.1 Å². The van der Waals surface area contributed by atoms with Crippen LogP contribution in [0.25, 0.3) is 10.8 Å². The van der Waals surface area contributed by atoms with Gasteiger partial charge in [-0.25, -0.2) is 19.0 Å². The standard InChI is InChI=1S/C20H17ClFN3O3/c1-11(25(2)20(28)24-12-7-8-17(22)16(21)9-12)15-10-23-18(19(26)27)14-6-4-3-5-13(14)15/h3-11H,1-2H3,(H,24,28)(H,26,27). The molecule has 28 heavy (non-hydrogen) atoms. The number of urea groups is 1. The third-order valence-electron chi connectivity index (χ3n) is 4.55. The van der Waals surface area contributed by atoms with Crippen LogP contribution in [-0.2, 0) is 0 Å². The van der Waals surface area contributed by atoms with Gasteiger partial charge in [-0.05, 0) is 30.5 Å². The Bertz CT molecular complexity index is 1070. The molecule has 1 aromatic heterocycles. The molecule has 0 radical (unpaired) electrons. The third kappa shape index (κ3) is 3.75. The molecule has 0 aliphatic heterocycles. The second-order valence-electron chi connectivity index (χ2n) is 6.26. The van der Waals surface area contributed by atoms with Gasteiger partial charge in [-0.3, -0.25) is 0 Å². The van der Waals surface area contributed by atoms with Crippen LogP contribution in [0.15, 0.2) is 48.7 Å². The van der Waals surface area contributed by atoms with E-state index in [1.54, 1.807) is 38.2 Å². The zero-order chi connectivity index (χ0) is 20.4. The summed E-state index contributed by atoms with van der Waals surface area (Å²) < 4.78 is 13.3. The number of hydrogen-bond acceptors (Lipinski definition) is 3. The lowest BCUT2D eigenvalue weighted by Crippen LogP contribution is -2.33. The Labute approximate surface area is 165 Å². The summed E-state index contributed by atoms with van der Waals surface area (Å²) in [6.45, 7) is 1.81. The van der Waals surface area contributed by atoms with Crippen LogP contribution in [0.1, 0.15) is 29.0 Å². The van der Waals surface area contributed by atoms with Crippen LogP contribution in [0.3, 0.4) is 0 Å². The topological polar surface area (TPSA) is 82.5 Å². The zero-order valence-corrected chi connectivity index (χ0v) is 15.9. The minimum absolute atomic E-state index is 0.0420. The molecule has 8 heteroatoms. The lowest BCUT2D eigenvalue weighted by molar-refractivity contribution is 0.0692. The normalized spacial score (nSPS) is 11.9. The molecule has 0 saturated heterocycles. The van der Waals surface area contributed by atoms with E-state index in [2.05, 4.69) is 10.3 Å². The number of carboxylic acids is 1. The number of nitrogens with zero attached hydrogens (tertiary/aromatic N) is 2. The molecule has 0 spiro atoms. The van der Waals surface area contributed by atoms with Gasteiger partial charge in [0.15, 0.2) is 5.69 Å². The molecule has 0 bridgehead atoms. The van der Waals surface area contributed by atoms with Crippen LogP contribution in [0.4, 0.5) is 14.9 Å². The molecule has 2 N–H and O–H groups in total. The number of rotatable bonds is 4. The number of amides is 2. The number of carboxylic acid groups (broad SMARTS) is 1. The largest absolute Gasteiger partial charge is 0.476 e. The first-order valence-electron chi connectivity index (χ1n) is 8.39. The van der Waals surface area contributed by atoms with Gasteiger partial charge in [0, 0.05) is 29.9 Å². The molecule has 0 saturated carbocycles. The highest BCUT2D eigenvalue weighted by Crippen LogP contribution is 2.29. The molecule has 3 aromatic rings. The average Bonchev–Trinajstić information content (AvgIpc) is 2.68. The van der Waals surface area contributed by atoms with Gasteiger partial charge >= 0.3 is 12.0 Å². The fraction of sp³-hybridized carbons (Fsp3) is 0.150. The van der Waals surface area contributed by atoms with E-state index in [0.29, 0.717) is 22.0 Å². The fourth-order valence-electron chi connectivity index (χ4n) is 2.89. The predicted molar refractivity (Wildman–Crippen MR) is 105 cm³/mol. The monoisotopic (exact) mass is 401 g/mol. The van der Waals surface area contributed by atoms with E-state index < -0.39 is 23.9 Å². The molecule has 0 aliphatic carbocycles. The number of halogens is 2. The van der Waals surface area contributed by atoms with E-state index in [1.807, 2.05) is 0 Å². The first-order chi connectivity index (χ1) is 13.3. The van der Waals surface area contributed by atoms with Gasteiger partial charge in [-0.15, -0.1) is 0 Å². The number of nitrogens with one attached hydrogen (secondary N) is 1. The van der Waals surface area contributed by atoms with Crippen molar-refractivity contribution in [2.24, 2.45) is 0 Å². The van der Waals surface area contributed by atoms with Crippen molar-refractivity contribution in [3.05, 3.63) is 70.8 Å². The van der Waals surface area contributed by atoms with E-state index in [4.69, 9.17) is 11.6 Å². The van der Waals surface area contributed by atoms with Crippen molar-refractivity contribution in [1.82, 2.24) is 9.88 Å². The molecule has 1 heterocycles. The maximum Gasteiger partial charge on any atom is 0.355 e. The van der Waals surface area contributed by atoms with Crippen LogP contribution in [0, 0.1) is 5.82 Å². The highest BCUT2D eigenvalue weighted by atomic mass is 35.5. The molecule has 0 aliphatic rings. The maximum atomic E-state index is 13.3. The van der Waals surface area contributed by atoms with Crippen molar-refractivity contribution in [3.8, 4) is 0 Å². The number of pyridine rings is 1. The van der Waals surface area contributed by atoms with E-state index in [1.165, 1.54) is 29.3 Å². The van der Waals surface area contributed by atoms with Crippen LogP contribution in [-0.4, -0.2) is 34.0 Å². The van der Waals surface area contributed by atoms with Gasteiger partial charge in [-0.2, -0.15) is 0 Å². The lowest BCUT2D eigenvalue weighted by atomic mass is 10.00. The summed E-state index contributed by atoms with van der Waals surface area (Å²) >= 11 is 5.74. The molecule has 0 fully saturated rings. The minimum atomic E-state index is -1.12. The zero-order valence-electron chi connectivity index (χ0n) is 15.1. The Morgan fingerprint density at radius 2 is 1.89 bits per heavy atom. The molecule has 2 amide bonds. The number of fused-ring (bicyclic) bond motifs is 1. The van der Waals surface area contributed by atoms with Crippen molar-refractivity contribution in [2.45, 2.75) is 13.0 Å². The van der Waals surface area contributed by atoms with E-state index >= 15 is 0 Å². The molecule has 144 valence electrons. The predicted octanol–water partition coefficient (Wildman–Crippen LogP) is 4.95. The second kappa shape index (κ2) is 7.82. The molecule has 6 nitrogen and oxygen atoms in total. The molecular weight excluding hydrogens is 385 g/mol. The van der Waals surface area contributed by atoms with E-state index in [0.717, 1.165) is 0 Å². The number of aromatic carboxylic acids is 1. The van der Waals surface area contributed by atoms with Gasteiger partial charge < -0.3 is 15.3 Å². The number of anilines is 1. The summed E-state index contributed by atoms with van der Waals surface area (Å²) in [6, 6.07) is 10.1. The van der Waals surface area contributed by atoms with Crippen LogP contribution in [0.5, 0.6) is 0 Å². The molecule has 2 aromatic carbocycles. The Morgan fingerprint density at radius 1 is 1.21 bits per heavy atom. The number of hydrogen-bond donors (Lipinski definition) is 2. The Kier molecular flexibility index (Phi) is 5.46. The summed E-state index contributed by atoms with van der Waals surface area (Å²) in [6.07, 6.45) is 1.47. The number of carbonyl (C=O) groups is 2. The average molecular weight is 402 g/mol. The number of benzene rings is 2. The van der Waals surface area contributed by atoms with Crippen molar-refractivity contribution < 1.29 is 19.1 Å². The quantitative estimate of drug-likeness (QED) is 0.648. The Hall–Kier alpha value is -3.19. The van der Waals surface area contributed by atoms with Gasteiger partial charge in [0.1, 0.15) is 5.82 Å². The SMILES string of the molecule is CC(c1cnc(C(=O)O)c2ccccc12)N(C)C(=O)Nc1ccc(F)c(Cl)c1. The van der Waals surface area contributed by atoms with Crippen LogP contribution < -0.4 is 5.32 Å². The highest BCUT2D eigenvalue weighted by molar-refractivity contribution is 6.31. The molecule has 1 unspecified atom stereocenters. The number of carbonyl (C=O) groups excluding carboxylic acids is 1. The van der Waals surface area contributed by atoms with Gasteiger partial charge in [0.05, 0.1) is 11.1 Å². The molecule has 3 rings (SSSR count). The molecular formula is C20H17ClFN3O3. The van der Waals surface area contributed by atoms with Crippen molar-refractivity contribution in [1.29, 1.82) is 0 Å². The van der Waals surface area contributed by atoms with E-state index in [-0.39, 0.29) is 10.7 Å². The third-order valence-corrected chi connectivity index (χ3v) is 4.84. The summed E-state index contributed by atoms with van der Waals surface area (Å²) in [4.78, 5) is 29.5. The smallest absolute Gasteiger partial charge is 0.355 e. The van der Waals surface area contributed by atoms with E-state index in [9.17, 15) is 19.1 Å². The first-order valence-corrected chi connectivity index (χ1v) is 8.77. The fourth-order valence-corrected chi connectivity index (χ4v) is 3.07. The highest BCUT2D eigenvalue weighted by Gasteiger charge is 2.22. The second-order valence-corrected chi connectivity index (χ2v) is 6.67. The van der Waals surface area contributed by atoms with Gasteiger partial charge in [0.25, 0.3) is 0 Å². The summed E-state index contributed by atoms with van der Waals surface area (Å²) in [7, 11) is 1.60. The van der Waals surface area contributed by atoms with Crippen molar-refractivity contribution in [3.63, 3.8) is 0 Å². The van der Waals surface area contributed by atoms with Crippen LogP contribution in [0.2, 0.25) is 5.02 Å². The Morgan fingerprint density at radius 3 is 2.54 bits per heavy atom. The molecule has 1 atom stereocenters. The van der Waals surface area contributed by atoms with Gasteiger partial charge in [-0.1, -0.05) is 35.9 Å².